The van der Waals surface area contributed by atoms with E-state index < -0.39 is 0 Å². The van der Waals surface area contributed by atoms with E-state index in [0.29, 0.717) is 16.3 Å². The first kappa shape index (κ1) is 12.1. The number of halogens is 1. The average molecular weight is 226 g/mol. The molecule has 0 aliphatic rings. The first-order chi connectivity index (χ1) is 7.10. The largest absolute Gasteiger partial charge is 0.399 e. The Bertz CT molecular complexity index is 359. The summed E-state index contributed by atoms with van der Waals surface area (Å²) >= 11 is 5.98. The van der Waals surface area contributed by atoms with Gasteiger partial charge in [-0.25, -0.2) is 0 Å². The predicted molar refractivity (Wildman–Crippen MR) is 64.3 cm³/mol. The molecule has 0 saturated heterocycles. The first-order valence-corrected chi connectivity index (χ1v) is 5.57. The number of ketones is 1. The quantitative estimate of drug-likeness (QED) is 0.629. The van der Waals surface area contributed by atoms with Gasteiger partial charge in [0.05, 0.1) is 5.02 Å². The molecule has 1 aromatic rings. The van der Waals surface area contributed by atoms with Gasteiger partial charge in [0.2, 0.25) is 0 Å². The molecule has 2 nitrogen and oxygen atoms in total. The Morgan fingerprint density at radius 1 is 1.40 bits per heavy atom. The van der Waals surface area contributed by atoms with Crippen LogP contribution in [0.4, 0.5) is 5.69 Å². The Morgan fingerprint density at radius 3 is 2.47 bits per heavy atom. The van der Waals surface area contributed by atoms with Gasteiger partial charge in [0.1, 0.15) is 0 Å². The zero-order valence-electron chi connectivity index (χ0n) is 9.09. The Hall–Kier alpha value is -1.02. The molecule has 0 bridgehead atoms. The van der Waals surface area contributed by atoms with E-state index in [4.69, 9.17) is 17.3 Å². The van der Waals surface area contributed by atoms with Crippen LogP contribution in [0.25, 0.3) is 0 Å². The van der Waals surface area contributed by atoms with Crippen LogP contribution in [-0.4, -0.2) is 5.78 Å². The van der Waals surface area contributed by atoms with Crippen LogP contribution in [0.2, 0.25) is 5.02 Å². The van der Waals surface area contributed by atoms with E-state index in [1.54, 1.807) is 18.2 Å². The molecule has 15 heavy (non-hydrogen) atoms. The molecule has 0 heterocycles. The van der Waals surface area contributed by atoms with Gasteiger partial charge >= 0.3 is 0 Å². The third-order valence-electron chi connectivity index (χ3n) is 2.61. The van der Waals surface area contributed by atoms with Crippen LogP contribution in [0.3, 0.4) is 0 Å². The fourth-order valence-corrected chi connectivity index (χ4v) is 1.89. The highest BCUT2D eigenvalue weighted by Gasteiger charge is 2.18. The molecule has 0 aliphatic heterocycles. The van der Waals surface area contributed by atoms with Crippen LogP contribution in [-0.2, 0) is 0 Å². The fourth-order valence-electron chi connectivity index (χ4n) is 1.61. The summed E-state index contributed by atoms with van der Waals surface area (Å²) in [4.78, 5) is 12.0. The maximum atomic E-state index is 12.0. The lowest BCUT2D eigenvalue weighted by Crippen LogP contribution is -2.13. The number of benzene rings is 1. The van der Waals surface area contributed by atoms with Gasteiger partial charge in [0.25, 0.3) is 0 Å². The van der Waals surface area contributed by atoms with Crippen molar-refractivity contribution in [2.45, 2.75) is 26.7 Å². The second-order valence-corrected chi connectivity index (χ2v) is 4.02. The molecule has 0 radical (unpaired) electrons. The summed E-state index contributed by atoms with van der Waals surface area (Å²) in [5.41, 5.74) is 6.74. The second kappa shape index (κ2) is 5.17. The van der Waals surface area contributed by atoms with E-state index in [1.807, 2.05) is 13.8 Å². The normalized spacial score (nSPS) is 10.7. The molecule has 0 aliphatic carbocycles. The number of nitrogens with two attached hydrogens (primary N) is 1. The molecule has 1 rings (SSSR count). The number of carbonyl (C=O) groups excluding carboxylic acids is 1. The Balaban J connectivity index is 3.00. The Morgan fingerprint density at radius 2 is 2.00 bits per heavy atom. The summed E-state index contributed by atoms with van der Waals surface area (Å²) in [6.07, 6.45) is 1.69. The summed E-state index contributed by atoms with van der Waals surface area (Å²) in [6, 6.07) is 5.04. The molecule has 0 unspecified atom stereocenters. The van der Waals surface area contributed by atoms with Crippen molar-refractivity contribution in [3.05, 3.63) is 28.8 Å². The monoisotopic (exact) mass is 225 g/mol. The lowest BCUT2D eigenvalue weighted by molar-refractivity contribution is 0.0913. The van der Waals surface area contributed by atoms with Crippen LogP contribution in [0.1, 0.15) is 37.0 Å². The molecular weight excluding hydrogens is 210 g/mol. The standard InChI is InChI=1S/C12H16ClNO/c1-3-8(4-2)12(15)10-6-5-9(14)7-11(10)13/h5-8H,3-4,14H2,1-2H3. The van der Waals surface area contributed by atoms with Crippen LogP contribution >= 0.6 is 11.6 Å². The van der Waals surface area contributed by atoms with Gasteiger partial charge in [-0.3, -0.25) is 4.79 Å². The number of anilines is 1. The molecule has 0 spiro atoms. The molecular formula is C12H16ClNO. The van der Waals surface area contributed by atoms with Crippen molar-refractivity contribution in [2.75, 3.05) is 5.73 Å². The molecule has 3 heteroatoms. The topological polar surface area (TPSA) is 43.1 Å². The van der Waals surface area contributed by atoms with Crippen molar-refractivity contribution in [1.82, 2.24) is 0 Å². The van der Waals surface area contributed by atoms with E-state index >= 15 is 0 Å². The second-order valence-electron chi connectivity index (χ2n) is 3.62. The number of hydrogen-bond donors (Lipinski definition) is 1. The van der Waals surface area contributed by atoms with E-state index in [2.05, 4.69) is 0 Å². The van der Waals surface area contributed by atoms with Crippen molar-refractivity contribution >= 4 is 23.1 Å². The van der Waals surface area contributed by atoms with E-state index in [-0.39, 0.29) is 11.7 Å². The molecule has 82 valence electrons. The minimum absolute atomic E-state index is 0.0612. The van der Waals surface area contributed by atoms with Gasteiger partial charge in [0, 0.05) is 17.2 Å². The van der Waals surface area contributed by atoms with Gasteiger partial charge in [-0.2, -0.15) is 0 Å². The number of nitrogen functional groups attached to an aromatic ring is 1. The van der Waals surface area contributed by atoms with E-state index in [0.717, 1.165) is 12.8 Å². The maximum Gasteiger partial charge on any atom is 0.167 e. The third-order valence-corrected chi connectivity index (χ3v) is 2.93. The SMILES string of the molecule is CCC(CC)C(=O)c1ccc(N)cc1Cl. The van der Waals surface area contributed by atoms with Gasteiger partial charge in [-0.15, -0.1) is 0 Å². The predicted octanol–water partition coefficient (Wildman–Crippen LogP) is 3.54. The number of hydrogen-bond acceptors (Lipinski definition) is 2. The highest BCUT2D eigenvalue weighted by atomic mass is 35.5. The van der Waals surface area contributed by atoms with Crippen molar-refractivity contribution < 1.29 is 4.79 Å². The zero-order valence-corrected chi connectivity index (χ0v) is 9.84. The Kier molecular flexibility index (Phi) is 4.15. The summed E-state index contributed by atoms with van der Waals surface area (Å²) < 4.78 is 0. The molecule has 1 aromatic carbocycles. The fraction of sp³-hybridized carbons (Fsp3) is 0.417. The summed E-state index contributed by atoms with van der Waals surface area (Å²) in [5, 5.41) is 0.451. The third kappa shape index (κ3) is 2.72. The summed E-state index contributed by atoms with van der Waals surface area (Å²) in [6.45, 7) is 4.02. The van der Waals surface area contributed by atoms with Crippen LogP contribution in [0, 0.1) is 5.92 Å². The van der Waals surface area contributed by atoms with E-state index in [1.165, 1.54) is 0 Å². The number of Topliss-reactive ketones (excluding diaryl/α,β-unsaturated/α-hetero) is 1. The molecule has 0 atom stereocenters. The number of rotatable bonds is 4. The lowest BCUT2D eigenvalue weighted by Gasteiger charge is -2.12. The minimum Gasteiger partial charge on any atom is -0.399 e. The highest BCUT2D eigenvalue weighted by molar-refractivity contribution is 6.34. The van der Waals surface area contributed by atoms with Gasteiger partial charge in [-0.1, -0.05) is 25.4 Å². The van der Waals surface area contributed by atoms with Gasteiger partial charge in [-0.05, 0) is 31.0 Å². The van der Waals surface area contributed by atoms with Crippen LogP contribution in [0.15, 0.2) is 18.2 Å². The van der Waals surface area contributed by atoms with Crippen LogP contribution in [0.5, 0.6) is 0 Å². The highest BCUT2D eigenvalue weighted by Crippen LogP contribution is 2.24. The molecule has 0 fully saturated rings. The maximum absolute atomic E-state index is 12.0. The smallest absolute Gasteiger partial charge is 0.167 e. The van der Waals surface area contributed by atoms with Crippen molar-refractivity contribution in [3.8, 4) is 0 Å². The van der Waals surface area contributed by atoms with Crippen molar-refractivity contribution in [2.24, 2.45) is 5.92 Å². The molecule has 2 N–H and O–H groups in total. The lowest BCUT2D eigenvalue weighted by atomic mass is 9.93. The van der Waals surface area contributed by atoms with Gasteiger partial charge in [0.15, 0.2) is 5.78 Å². The van der Waals surface area contributed by atoms with E-state index in [9.17, 15) is 4.79 Å². The minimum atomic E-state index is 0.0612. The molecule has 0 amide bonds. The molecule has 0 aromatic heterocycles. The summed E-state index contributed by atoms with van der Waals surface area (Å²) in [5.74, 6) is 0.177. The van der Waals surface area contributed by atoms with Crippen molar-refractivity contribution in [1.29, 1.82) is 0 Å². The van der Waals surface area contributed by atoms with Crippen molar-refractivity contribution in [3.63, 3.8) is 0 Å². The zero-order chi connectivity index (χ0) is 11.4. The Labute approximate surface area is 95.4 Å². The number of carbonyl (C=O) groups is 1. The molecule has 0 saturated carbocycles. The summed E-state index contributed by atoms with van der Waals surface area (Å²) in [7, 11) is 0. The van der Waals surface area contributed by atoms with Gasteiger partial charge < -0.3 is 5.73 Å². The first-order valence-electron chi connectivity index (χ1n) is 5.19. The average Bonchev–Trinajstić information content (AvgIpc) is 2.19. The van der Waals surface area contributed by atoms with Crippen LogP contribution < -0.4 is 5.73 Å².